The summed E-state index contributed by atoms with van der Waals surface area (Å²) in [6, 6.07) is 5.22. The number of carbonyl (C=O) groups is 2. The maximum atomic E-state index is 12.0. The summed E-state index contributed by atoms with van der Waals surface area (Å²) < 4.78 is 4.70. The molecule has 19 heavy (non-hydrogen) atoms. The molecule has 2 rings (SSSR count). The molecule has 0 fully saturated rings. The minimum Gasteiger partial charge on any atom is -0.456 e. The number of rotatable bonds is 4. The molecule has 0 saturated carbocycles. The predicted molar refractivity (Wildman–Crippen MR) is 72.0 cm³/mol. The van der Waals surface area contributed by atoms with E-state index in [9.17, 15) is 9.59 Å². The Morgan fingerprint density at radius 3 is 2.84 bits per heavy atom. The number of hydrogen-bond donors (Lipinski definition) is 1. The van der Waals surface area contributed by atoms with Crippen LogP contribution in [0.3, 0.4) is 0 Å². The number of ether oxygens (including phenoxy) is 1. The molecule has 1 heterocycles. The highest BCUT2D eigenvalue weighted by molar-refractivity contribution is 6.31. The molecular weight excluding hydrogens is 266 g/mol. The summed E-state index contributed by atoms with van der Waals surface area (Å²) in [6.07, 6.45) is 3.15. The highest BCUT2D eigenvalue weighted by atomic mass is 35.5. The molecule has 0 bridgehead atoms. The van der Waals surface area contributed by atoms with Gasteiger partial charge in [0, 0.05) is 16.7 Å². The summed E-state index contributed by atoms with van der Waals surface area (Å²) >= 11 is 6.12. The third-order valence-electron chi connectivity index (χ3n) is 2.77. The number of aryl methyl sites for hydroxylation is 1. The van der Waals surface area contributed by atoms with Gasteiger partial charge in [-0.25, -0.2) is 4.79 Å². The van der Waals surface area contributed by atoms with Crippen LogP contribution in [0.2, 0.25) is 5.02 Å². The Bertz CT molecular complexity index is 552. The van der Waals surface area contributed by atoms with E-state index < -0.39 is 5.97 Å². The number of amides is 1. The maximum absolute atomic E-state index is 12.0. The van der Waals surface area contributed by atoms with Crippen molar-refractivity contribution in [1.29, 1.82) is 0 Å². The topological polar surface area (TPSA) is 55.4 Å². The number of carbonyl (C=O) groups excluding carboxylic acids is 2. The van der Waals surface area contributed by atoms with Crippen molar-refractivity contribution in [3.05, 3.63) is 46.1 Å². The minimum atomic E-state index is -0.438. The van der Waals surface area contributed by atoms with Crippen molar-refractivity contribution in [3.63, 3.8) is 0 Å². The average molecular weight is 280 g/mol. The molecule has 0 aromatic heterocycles. The fraction of sp³-hybridized carbons (Fsp3) is 0.286. The Morgan fingerprint density at radius 1 is 1.47 bits per heavy atom. The van der Waals surface area contributed by atoms with Crippen LogP contribution < -0.4 is 5.32 Å². The minimum absolute atomic E-state index is 0.103. The smallest absolute Gasteiger partial charge is 0.333 e. The van der Waals surface area contributed by atoms with Gasteiger partial charge >= 0.3 is 5.97 Å². The normalized spacial score (nSPS) is 14.0. The zero-order chi connectivity index (χ0) is 13.8. The van der Waals surface area contributed by atoms with Crippen LogP contribution in [-0.2, 0) is 16.0 Å². The van der Waals surface area contributed by atoms with Crippen molar-refractivity contribution in [1.82, 2.24) is 5.32 Å². The van der Waals surface area contributed by atoms with E-state index in [2.05, 4.69) is 12.2 Å². The summed E-state index contributed by atoms with van der Waals surface area (Å²) in [5, 5.41) is 3.21. The van der Waals surface area contributed by atoms with E-state index in [1.807, 2.05) is 6.07 Å². The SMILES string of the molecule is CCCc1ccc(C(=O)NC2=CC(=O)OC2)cc1Cl. The summed E-state index contributed by atoms with van der Waals surface area (Å²) in [4.78, 5) is 22.8. The summed E-state index contributed by atoms with van der Waals surface area (Å²) in [6.45, 7) is 2.17. The van der Waals surface area contributed by atoms with Crippen LogP contribution in [0, 0.1) is 0 Å². The first-order chi connectivity index (χ1) is 9.10. The van der Waals surface area contributed by atoms with Gasteiger partial charge in [0.15, 0.2) is 0 Å². The molecule has 1 aromatic rings. The molecule has 1 N–H and O–H groups in total. The second kappa shape index (κ2) is 5.89. The van der Waals surface area contributed by atoms with E-state index in [4.69, 9.17) is 16.3 Å². The second-order valence-electron chi connectivity index (χ2n) is 4.29. The lowest BCUT2D eigenvalue weighted by atomic mass is 10.1. The lowest BCUT2D eigenvalue weighted by Crippen LogP contribution is -2.23. The molecule has 0 saturated heterocycles. The quantitative estimate of drug-likeness (QED) is 0.862. The van der Waals surface area contributed by atoms with Crippen LogP contribution in [0.25, 0.3) is 0 Å². The van der Waals surface area contributed by atoms with Crippen LogP contribution in [-0.4, -0.2) is 18.5 Å². The average Bonchev–Trinajstić information content (AvgIpc) is 2.77. The van der Waals surface area contributed by atoms with Gasteiger partial charge in [0.05, 0.1) is 5.70 Å². The van der Waals surface area contributed by atoms with Gasteiger partial charge in [0.25, 0.3) is 5.91 Å². The molecule has 5 heteroatoms. The van der Waals surface area contributed by atoms with Crippen molar-refractivity contribution >= 4 is 23.5 Å². The monoisotopic (exact) mass is 279 g/mol. The van der Waals surface area contributed by atoms with Gasteiger partial charge in [-0.3, -0.25) is 4.79 Å². The number of benzene rings is 1. The van der Waals surface area contributed by atoms with Gasteiger partial charge in [-0.2, -0.15) is 0 Å². The summed E-state index contributed by atoms with van der Waals surface area (Å²) in [7, 11) is 0. The molecule has 0 unspecified atom stereocenters. The van der Waals surface area contributed by atoms with E-state index in [0.717, 1.165) is 18.4 Å². The van der Waals surface area contributed by atoms with Gasteiger partial charge in [0.2, 0.25) is 0 Å². The molecule has 1 aliphatic heterocycles. The standard InChI is InChI=1S/C14H14ClNO3/c1-2-3-9-4-5-10(6-12(9)15)14(18)16-11-7-13(17)19-8-11/h4-7H,2-3,8H2,1H3,(H,16,18). The Labute approximate surface area is 116 Å². The molecule has 1 aromatic carbocycles. The highest BCUT2D eigenvalue weighted by Gasteiger charge is 2.16. The fourth-order valence-electron chi connectivity index (χ4n) is 1.83. The van der Waals surface area contributed by atoms with Crippen molar-refractivity contribution in [2.24, 2.45) is 0 Å². The van der Waals surface area contributed by atoms with Gasteiger partial charge in [-0.15, -0.1) is 0 Å². The van der Waals surface area contributed by atoms with E-state index in [0.29, 0.717) is 16.3 Å². The molecule has 0 atom stereocenters. The van der Waals surface area contributed by atoms with Crippen LogP contribution in [0.1, 0.15) is 29.3 Å². The van der Waals surface area contributed by atoms with Crippen LogP contribution in [0.4, 0.5) is 0 Å². The molecule has 1 amide bonds. The van der Waals surface area contributed by atoms with Gasteiger partial charge in [0.1, 0.15) is 6.61 Å². The number of hydrogen-bond acceptors (Lipinski definition) is 3. The van der Waals surface area contributed by atoms with Crippen LogP contribution >= 0.6 is 11.6 Å². The Morgan fingerprint density at radius 2 is 2.26 bits per heavy atom. The van der Waals surface area contributed by atoms with Crippen molar-refractivity contribution in [2.75, 3.05) is 6.61 Å². The number of cyclic esters (lactones) is 1. The molecule has 1 aliphatic rings. The Balaban J connectivity index is 2.09. The van der Waals surface area contributed by atoms with Crippen LogP contribution in [0.5, 0.6) is 0 Å². The number of esters is 1. The Hall–Kier alpha value is -1.81. The highest BCUT2D eigenvalue weighted by Crippen LogP contribution is 2.19. The van der Waals surface area contributed by atoms with Crippen molar-refractivity contribution < 1.29 is 14.3 Å². The molecule has 0 spiro atoms. The second-order valence-corrected chi connectivity index (χ2v) is 4.69. The lowest BCUT2D eigenvalue weighted by molar-refractivity contribution is -0.134. The zero-order valence-corrected chi connectivity index (χ0v) is 11.3. The molecule has 100 valence electrons. The molecular formula is C14H14ClNO3. The van der Waals surface area contributed by atoms with Gasteiger partial charge in [-0.1, -0.05) is 31.0 Å². The maximum Gasteiger partial charge on any atom is 0.333 e. The molecule has 0 aliphatic carbocycles. The first-order valence-electron chi connectivity index (χ1n) is 6.07. The first kappa shape index (κ1) is 13.6. The summed E-state index contributed by atoms with van der Waals surface area (Å²) in [5.74, 6) is -0.735. The van der Waals surface area contributed by atoms with Crippen molar-refractivity contribution in [3.8, 4) is 0 Å². The van der Waals surface area contributed by atoms with E-state index in [-0.39, 0.29) is 12.5 Å². The third kappa shape index (κ3) is 3.35. The molecule has 0 radical (unpaired) electrons. The third-order valence-corrected chi connectivity index (χ3v) is 3.12. The van der Waals surface area contributed by atoms with Gasteiger partial charge in [-0.05, 0) is 24.1 Å². The summed E-state index contributed by atoms with van der Waals surface area (Å²) in [5.41, 5.74) is 1.95. The fourth-order valence-corrected chi connectivity index (χ4v) is 2.10. The first-order valence-corrected chi connectivity index (χ1v) is 6.45. The largest absolute Gasteiger partial charge is 0.456 e. The van der Waals surface area contributed by atoms with E-state index in [1.54, 1.807) is 12.1 Å². The van der Waals surface area contributed by atoms with E-state index >= 15 is 0 Å². The van der Waals surface area contributed by atoms with Crippen molar-refractivity contribution in [2.45, 2.75) is 19.8 Å². The molecule has 4 nitrogen and oxygen atoms in total. The number of halogens is 1. The van der Waals surface area contributed by atoms with E-state index in [1.165, 1.54) is 6.08 Å². The van der Waals surface area contributed by atoms with Gasteiger partial charge < -0.3 is 10.1 Å². The predicted octanol–water partition coefficient (Wildman–Crippen LogP) is 2.46. The zero-order valence-electron chi connectivity index (χ0n) is 10.5. The lowest BCUT2D eigenvalue weighted by Gasteiger charge is -2.07. The van der Waals surface area contributed by atoms with Crippen LogP contribution in [0.15, 0.2) is 30.0 Å². The number of nitrogens with one attached hydrogen (secondary N) is 1. The Kier molecular flexibility index (Phi) is 4.22.